The first-order valence-corrected chi connectivity index (χ1v) is 35.0. The lowest BCUT2D eigenvalue weighted by molar-refractivity contribution is -0.146. The van der Waals surface area contributed by atoms with E-state index in [9.17, 15) is 48.3 Å². The molecule has 19 N–H and O–H groups in total. The maximum absolute atomic E-state index is 15.0. The number of unbranched alkanes of at least 4 members (excludes halogenated alkanes) is 9. The standard InChI is InChI=1S/C67H128N16O12/c1-15-17-18-19-20-21-22-23-32-54(85)74-40-55(86)75-49(37-42(5)6)59(88)78-50(38-43(7)8)60(89)76-47(29-24-26-33-68)65(94)82(13)53(31-28-35-73-67(71)72)62(91)80-56(45(11)16-2)66(95)83(14)52(30-25-27-34-69)63(92)81-57(46(12)84)64(93)79-51(39-44(9)10)61(90)77-48(58(70)87)36-41(3)4/h41-53,56-57,84H,15-40,68-69H2,1-14H3,(H2,70,87)(H,74,85)(H,75,86)(H,76,89)(H,77,90)(H,78,88)(H,79,93)(H,80,91)(H,81,92)(H4,71,72,73)/t45-,46+,47-,48-,49-,50-,51-,52-,53-,56-,57-/m0/s1. The van der Waals surface area contributed by atoms with Gasteiger partial charge in [-0.2, -0.15) is 0 Å². The second-order valence-corrected chi connectivity index (χ2v) is 27.3. The Labute approximate surface area is 567 Å². The highest BCUT2D eigenvalue weighted by Crippen LogP contribution is 2.20. The molecule has 0 rings (SSSR count). The van der Waals surface area contributed by atoms with E-state index in [-0.39, 0.29) is 120 Å². The van der Waals surface area contributed by atoms with Crippen LogP contribution in [0.4, 0.5) is 0 Å². The van der Waals surface area contributed by atoms with Gasteiger partial charge in [-0.15, -0.1) is 0 Å². The Morgan fingerprint density at radius 1 is 0.432 bits per heavy atom. The summed E-state index contributed by atoms with van der Waals surface area (Å²) in [6.45, 7) is 22.0. The molecule has 28 nitrogen and oxygen atoms in total. The Bertz CT molecular complexity index is 2370. The van der Waals surface area contributed by atoms with Crippen molar-refractivity contribution in [1.29, 1.82) is 0 Å². The first-order chi connectivity index (χ1) is 44.7. The summed E-state index contributed by atoms with van der Waals surface area (Å²) in [5.41, 5.74) is 28.7. The van der Waals surface area contributed by atoms with Crippen LogP contribution in [0.5, 0.6) is 0 Å². The first-order valence-electron chi connectivity index (χ1n) is 35.0. The summed E-state index contributed by atoms with van der Waals surface area (Å²) in [4.78, 5) is 161. The zero-order valence-corrected chi connectivity index (χ0v) is 60.2. The van der Waals surface area contributed by atoms with Gasteiger partial charge in [-0.3, -0.25) is 57.7 Å². The summed E-state index contributed by atoms with van der Waals surface area (Å²) in [5.74, 6) is -8.72. The SMILES string of the molecule is CCCCCCCCCCC(=O)NCC(=O)N[C@@H](CC(C)C)C(=O)N[C@@H](CC(C)C)C(=O)N[C@@H](CCCCN)C(=O)N(C)[C@@H](CCCN=C(N)N)C(=O)N[C@H](C(=O)N(C)[C@@H](CCCCN)C(=O)N[C@H](C(=O)N[C@@H](CC(C)C)C(=O)N[C@@H](CC(C)C)C(N)=O)[C@@H](C)O)[C@@H](C)CC. The Morgan fingerprint density at radius 2 is 0.842 bits per heavy atom. The number of primary amides is 1. The lowest BCUT2D eigenvalue weighted by Crippen LogP contribution is -2.62. The van der Waals surface area contributed by atoms with Crippen LogP contribution in [0.2, 0.25) is 0 Å². The minimum absolute atomic E-state index is 0.0114. The Hall–Kier alpha value is -6.68. The fourth-order valence-corrected chi connectivity index (χ4v) is 10.9. The van der Waals surface area contributed by atoms with Gasteiger partial charge < -0.3 is 86.1 Å². The van der Waals surface area contributed by atoms with Crippen LogP contribution in [0.15, 0.2) is 4.99 Å². The van der Waals surface area contributed by atoms with Crippen molar-refractivity contribution in [3.8, 4) is 0 Å². The predicted octanol–water partition coefficient (Wildman–Crippen LogP) is 2.09. The highest BCUT2D eigenvalue weighted by molar-refractivity contribution is 5.99. The van der Waals surface area contributed by atoms with Crippen molar-refractivity contribution < 1.29 is 57.8 Å². The van der Waals surface area contributed by atoms with Crippen LogP contribution in [0.3, 0.4) is 0 Å². The van der Waals surface area contributed by atoms with Gasteiger partial charge >= 0.3 is 0 Å². The average Bonchev–Trinajstić information content (AvgIpc) is 0.843. The first kappa shape index (κ1) is 88.3. The smallest absolute Gasteiger partial charge is 0.245 e. The van der Waals surface area contributed by atoms with E-state index >= 15 is 9.59 Å². The van der Waals surface area contributed by atoms with E-state index < -0.39 is 125 Å². The molecule has 0 aliphatic heterocycles. The maximum atomic E-state index is 15.0. The van der Waals surface area contributed by atoms with Crippen molar-refractivity contribution in [2.24, 2.45) is 63.3 Å². The minimum Gasteiger partial charge on any atom is -0.391 e. The van der Waals surface area contributed by atoms with Crippen LogP contribution >= 0.6 is 0 Å². The molecule has 11 amide bonds. The number of aliphatic hydroxyl groups excluding tert-OH is 1. The largest absolute Gasteiger partial charge is 0.391 e. The van der Waals surface area contributed by atoms with Gasteiger partial charge in [0.1, 0.15) is 54.4 Å². The van der Waals surface area contributed by atoms with Crippen molar-refractivity contribution in [2.45, 2.75) is 285 Å². The van der Waals surface area contributed by atoms with Gasteiger partial charge in [0.05, 0.1) is 12.6 Å². The van der Waals surface area contributed by atoms with E-state index in [0.29, 0.717) is 38.5 Å². The molecule has 0 heterocycles. The monoisotopic (exact) mass is 1350 g/mol. The molecule has 0 aliphatic rings. The molecule has 0 aromatic heterocycles. The third-order valence-corrected chi connectivity index (χ3v) is 16.6. The molecule has 0 spiro atoms. The molecule has 0 unspecified atom stereocenters. The zero-order valence-electron chi connectivity index (χ0n) is 60.2. The number of aliphatic hydroxyl groups is 1. The number of hydrogen-bond donors (Lipinski definition) is 14. The van der Waals surface area contributed by atoms with Crippen LogP contribution in [-0.4, -0.2) is 187 Å². The summed E-state index contributed by atoms with van der Waals surface area (Å²) < 4.78 is 0. The number of aliphatic imine (C=N–C) groups is 1. The molecule has 0 bridgehead atoms. The molecule has 0 saturated heterocycles. The molecule has 0 radical (unpaired) electrons. The quantitative estimate of drug-likeness (QED) is 0.0236. The van der Waals surface area contributed by atoms with Crippen LogP contribution in [0, 0.1) is 29.6 Å². The number of hydrogen-bond acceptors (Lipinski definition) is 15. The molecule has 548 valence electrons. The number of nitrogens with one attached hydrogen (secondary N) is 8. The van der Waals surface area contributed by atoms with Gasteiger partial charge in [-0.25, -0.2) is 0 Å². The Kier molecular flexibility index (Phi) is 45.5. The van der Waals surface area contributed by atoms with Crippen molar-refractivity contribution in [1.82, 2.24) is 52.3 Å². The van der Waals surface area contributed by atoms with Gasteiger partial charge in [-0.1, -0.05) is 128 Å². The Morgan fingerprint density at radius 3 is 1.29 bits per heavy atom. The molecule has 95 heavy (non-hydrogen) atoms. The fraction of sp³-hybridized carbons (Fsp3) is 0.821. The number of likely N-dealkylation sites (N-methyl/N-ethyl adjacent to an activating group) is 2. The number of carbonyl (C=O) groups excluding carboxylic acids is 11. The number of nitrogens with zero attached hydrogens (tertiary/aromatic N) is 3. The molecule has 0 fully saturated rings. The molecule has 0 saturated carbocycles. The lowest BCUT2D eigenvalue weighted by atomic mass is 9.95. The van der Waals surface area contributed by atoms with Crippen molar-refractivity contribution in [3.63, 3.8) is 0 Å². The zero-order chi connectivity index (χ0) is 72.5. The van der Waals surface area contributed by atoms with Gasteiger partial charge in [0.2, 0.25) is 65.0 Å². The molecule has 11 atom stereocenters. The van der Waals surface area contributed by atoms with E-state index in [1.165, 1.54) is 51.6 Å². The molecular formula is C67H128N16O12. The highest BCUT2D eigenvalue weighted by atomic mass is 16.3. The summed E-state index contributed by atoms with van der Waals surface area (Å²) in [5, 5.41) is 32.8. The van der Waals surface area contributed by atoms with E-state index in [1.54, 1.807) is 13.8 Å². The van der Waals surface area contributed by atoms with Gasteiger partial charge in [-0.05, 0) is 133 Å². The number of nitrogens with two attached hydrogens (primary N) is 5. The normalized spacial score (nSPS) is 14.9. The van der Waals surface area contributed by atoms with Crippen LogP contribution in [-0.2, 0) is 52.7 Å². The maximum Gasteiger partial charge on any atom is 0.245 e. The van der Waals surface area contributed by atoms with E-state index in [0.717, 1.165) is 24.2 Å². The molecule has 0 aromatic rings. The summed E-state index contributed by atoms with van der Waals surface area (Å²) >= 11 is 0. The van der Waals surface area contributed by atoms with Crippen molar-refractivity contribution in [2.75, 3.05) is 40.3 Å². The number of guanidine groups is 1. The molecule has 28 heteroatoms. The third-order valence-electron chi connectivity index (χ3n) is 16.6. The Balaban J connectivity index is 7.12. The molecule has 0 aromatic carbocycles. The van der Waals surface area contributed by atoms with Crippen LogP contribution in [0.25, 0.3) is 0 Å². The van der Waals surface area contributed by atoms with Crippen molar-refractivity contribution >= 4 is 70.9 Å². The number of amides is 11. The number of rotatable bonds is 52. The second kappa shape index (κ2) is 48.9. The van der Waals surface area contributed by atoms with E-state index in [2.05, 4.69) is 54.5 Å². The van der Waals surface area contributed by atoms with E-state index in [1.807, 2.05) is 55.4 Å². The molecular weight excluding hydrogens is 1220 g/mol. The summed E-state index contributed by atoms with van der Waals surface area (Å²) in [6.07, 6.45) is 10.2. The predicted molar refractivity (Wildman–Crippen MR) is 371 cm³/mol. The van der Waals surface area contributed by atoms with Gasteiger partial charge in [0.25, 0.3) is 0 Å². The highest BCUT2D eigenvalue weighted by Gasteiger charge is 2.41. The number of carbonyl (C=O) groups is 11. The molecule has 0 aliphatic carbocycles. The van der Waals surface area contributed by atoms with Crippen LogP contribution < -0.4 is 71.2 Å². The fourth-order valence-electron chi connectivity index (χ4n) is 10.9. The third kappa shape index (κ3) is 36.9. The van der Waals surface area contributed by atoms with Crippen molar-refractivity contribution in [3.05, 3.63) is 0 Å². The average molecular weight is 1350 g/mol. The topological polar surface area (TPSA) is 453 Å². The second-order valence-electron chi connectivity index (χ2n) is 27.3. The van der Waals surface area contributed by atoms with Gasteiger partial charge in [0, 0.05) is 27.1 Å². The minimum atomic E-state index is -1.64. The lowest BCUT2D eigenvalue weighted by Gasteiger charge is -2.36. The van der Waals surface area contributed by atoms with E-state index in [4.69, 9.17) is 28.7 Å². The summed E-state index contributed by atoms with van der Waals surface area (Å²) in [6, 6.07) is -11.3. The van der Waals surface area contributed by atoms with Crippen LogP contribution in [0.1, 0.15) is 224 Å². The van der Waals surface area contributed by atoms with Gasteiger partial charge in [0.15, 0.2) is 5.96 Å². The summed E-state index contributed by atoms with van der Waals surface area (Å²) in [7, 11) is 2.76.